The summed E-state index contributed by atoms with van der Waals surface area (Å²) in [6, 6.07) is 12.2. The van der Waals surface area contributed by atoms with Crippen molar-refractivity contribution in [1.29, 1.82) is 0 Å². The van der Waals surface area contributed by atoms with Gasteiger partial charge in [-0.05, 0) is 47.2 Å². The predicted octanol–water partition coefficient (Wildman–Crippen LogP) is 4.16. The van der Waals surface area contributed by atoms with Crippen LogP contribution in [-0.4, -0.2) is 44.5 Å². The van der Waals surface area contributed by atoms with E-state index in [4.69, 9.17) is 9.26 Å². The van der Waals surface area contributed by atoms with Crippen LogP contribution >= 0.6 is 0 Å². The summed E-state index contributed by atoms with van der Waals surface area (Å²) in [7, 11) is -3.59. The number of anilines is 1. The summed E-state index contributed by atoms with van der Waals surface area (Å²) in [4.78, 5) is 6.35. The molecule has 1 aliphatic carbocycles. The molecule has 2 aromatic carbocycles. The van der Waals surface area contributed by atoms with Gasteiger partial charge in [0.15, 0.2) is 15.7 Å². The van der Waals surface area contributed by atoms with E-state index in [0.29, 0.717) is 35.9 Å². The van der Waals surface area contributed by atoms with E-state index >= 15 is 0 Å². The summed E-state index contributed by atoms with van der Waals surface area (Å²) in [5.74, 6) is 2.68. The molecule has 0 amide bonds. The minimum absolute atomic E-state index is 0.248. The molecule has 5 rings (SSSR count). The Morgan fingerprint density at radius 2 is 1.79 bits per heavy atom. The van der Waals surface area contributed by atoms with Crippen molar-refractivity contribution >= 4 is 15.9 Å². The normalized spacial score (nSPS) is 22.0. The van der Waals surface area contributed by atoms with E-state index in [9.17, 15) is 12.8 Å². The van der Waals surface area contributed by atoms with E-state index in [1.54, 1.807) is 6.07 Å². The van der Waals surface area contributed by atoms with Gasteiger partial charge in [0.25, 0.3) is 0 Å². The van der Waals surface area contributed by atoms with Crippen LogP contribution in [0.3, 0.4) is 0 Å². The molecular formula is C24H26FN3O4S. The van der Waals surface area contributed by atoms with Crippen LogP contribution < -0.4 is 9.64 Å². The van der Waals surface area contributed by atoms with E-state index in [-0.39, 0.29) is 10.8 Å². The number of hydrogen-bond acceptors (Lipinski definition) is 7. The van der Waals surface area contributed by atoms with Gasteiger partial charge < -0.3 is 14.2 Å². The number of rotatable bonds is 7. The molecule has 0 bridgehead atoms. The average Bonchev–Trinajstić information content (AvgIpc) is 3.15. The predicted molar refractivity (Wildman–Crippen MR) is 122 cm³/mol. The first-order chi connectivity index (χ1) is 15.7. The molecule has 2 heterocycles. The van der Waals surface area contributed by atoms with Crippen molar-refractivity contribution in [2.45, 2.75) is 24.7 Å². The molecule has 3 atom stereocenters. The van der Waals surface area contributed by atoms with Gasteiger partial charge in [-0.15, -0.1) is 0 Å². The van der Waals surface area contributed by atoms with E-state index in [2.05, 4.69) is 15.0 Å². The Morgan fingerprint density at radius 1 is 1.12 bits per heavy atom. The standard InChI is InChI=1S/C24H26FN3O4S/c1-14(2)23-26-24(32-27-23)28-11-18-19(12-28)20(18)13-31-17-7-4-15(5-8-17)16-6-9-22(21(25)10-16)33(3,29)30/h4-10,14,18-20H,11-13H2,1-3H3/t18-,19?,20?/m1/s1. The second kappa shape index (κ2) is 8.13. The minimum Gasteiger partial charge on any atom is -0.493 e. The lowest BCUT2D eigenvalue weighted by atomic mass is 10.1. The van der Waals surface area contributed by atoms with Crippen molar-refractivity contribution in [3.05, 3.63) is 54.1 Å². The number of sulfone groups is 1. The fourth-order valence-electron chi connectivity index (χ4n) is 4.56. The SMILES string of the molecule is CC(C)c1noc(N2CC3C(COc4ccc(-c5ccc(S(C)(=O)=O)c(F)c5)cc4)[C@@H]3C2)n1. The molecule has 1 aliphatic heterocycles. The molecule has 3 aromatic rings. The number of fused-ring (bicyclic) bond motifs is 1. The van der Waals surface area contributed by atoms with Gasteiger partial charge in [0.2, 0.25) is 0 Å². The van der Waals surface area contributed by atoms with Crippen molar-refractivity contribution in [1.82, 2.24) is 10.1 Å². The largest absolute Gasteiger partial charge is 0.493 e. The number of benzene rings is 2. The molecule has 1 aromatic heterocycles. The maximum Gasteiger partial charge on any atom is 0.324 e. The second-order valence-electron chi connectivity index (χ2n) is 9.24. The van der Waals surface area contributed by atoms with E-state index in [1.807, 2.05) is 38.1 Å². The molecule has 33 heavy (non-hydrogen) atoms. The van der Waals surface area contributed by atoms with Crippen molar-refractivity contribution < 1.29 is 22.1 Å². The molecule has 9 heteroatoms. The zero-order chi connectivity index (χ0) is 23.3. The number of nitrogens with zero attached hydrogens (tertiary/aromatic N) is 3. The summed E-state index contributed by atoms with van der Waals surface area (Å²) in [6.45, 7) is 6.56. The molecular weight excluding hydrogens is 445 g/mol. The van der Waals surface area contributed by atoms with Crippen molar-refractivity contribution in [3.63, 3.8) is 0 Å². The highest BCUT2D eigenvalue weighted by Crippen LogP contribution is 2.52. The van der Waals surface area contributed by atoms with Crippen LogP contribution in [-0.2, 0) is 9.84 Å². The van der Waals surface area contributed by atoms with Gasteiger partial charge in [0.05, 0.1) is 6.61 Å². The van der Waals surface area contributed by atoms with Gasteiger partial charge in [-0.25, -0.2) is 12.8 Å². The Labute approximate surface area is 192 Å². The van der Waals surface area contributed by atoms with E-state index in [1.165, 1.54) is 12.1 Å². The molecule has 0 radical (unpaired) electrons. The van der Waals surface area contributed by atoms with Crippen LogP contribution in [0.25, 0.3) is 11.1 Å². The zero-order valence-corrected chi connectivity index (χ0v) is 19.5. The fraction of sp³-hybridized carbons (Fsp3) is 0.417. The fourth-order valence-corrected chi connectivity index (χ4v) is 5.29. The average molecular weight is 472 g/mol. The quantitative estimate of drug-likeness (QED) is 0.511. The van der Waals surface area contributed by atoms with Gasteiger partial charge in [-0.3, -0.25) is 0 Å². The van der Waals surface area contributed by atoms with E-state index < -0.39 is 15.7 Å². The van der Waals surface area contributed by atoms with Gasteiger partial charge in [0, 0.05) is 31.2 Å². The first-order valence-electron chi connectivity index (χ1n) is 11.0. The van der Waals surface area contributed by atoms with Gasteiger partial charge in [-0.2, -0.15) is 4.98 Å². The third-order valence-corrected chi connectivity index (χ3v) is 7.68. The number of aromatic nitrogens is 2. The maximum absolute atomic E-state index is 14.2. The van der Waals surface area contributed by atoms with Crippen LogP contribution in [0.5, 0.6) is 5.75 Å². The van der Waals surface area contributed by atoms with E-state index in [0.717, 1.165) is 36.5 Å². The van der Waals surface area contributed by atoms with Gasteiger partial charge in [0.1, 0.15) is 16.5 Å². The number of ether oxygens (including phenoxy) is 1. The molecule has 2 aliphatic rings. The highest BCUT2D eigenvalue weighted by atomic mass is 32.2. The Morgan fingerprint density at radius 3 is 2.36 bits per heavy atom. The summed E-state index contributed by atoms with van der Waals surface area (Å²) in [5, 5.41) is 4.04. The summed E-state index contributed by atoms with van der Waals surface area (Å²) in [6.07, 6.45) is 0.997. The Kier molecular flexibility index (Phi) is 5.39. The van der Waals surface area contributed by atoms with Crippen molar-refractivity contribution in [3.8, 4) is 16.9 Å². The van der Waals surface area contributed by atoms with Crippen LogP contribution in [0.2, 0.25) is 0 Å². The molecule has 1 saturated heterocycles. The topological polar surface area (TPSA) is 85.5 Å². The number of piperidine rings is 1. The lowest BCUT2D eigenvalue weighted by molar-refractivity contribution is 0.282. The summed E-state index contributed by atoms with van der Waals surface area (Å²) < 4.78 is 48.8. The van der Waals surface area contributed by atoms with Gasteiger partial charge in [-0.1, -0.05) is 37.2 Å². The third kappa shape index (κ3) is 4.34. The molecule has 2 unspecified atom stereocenters. The third-order valence-electron chi connectivity index (χ3n) is 6.55. The van der Waals surface area contributed by atoms with Crippen molar-refractivity contribution in [2.75, 3.05) is 30.9 Å². The van der Waals surface area contributed by atoms with Crippen LogP contribution in [0.15, 0.2) is 51.9 Å². The van der Waals surface area contributed by atoms with Crippen LogP contribution in [0.1, 0.15) is 25.6 Å². The Bertz CT molecular complexity index is 1260. The zero-order valence-electron chi connectivity index (χ0n) is 18.7. The molecule has 174 valence electrons. The maximum atomic E-state index is 14.2. The number of hydrogen-bond donors (Lipinski definition) is 0. The molecule has 2 fully saturated rings. The Balaban J connectivity index is 1.15. The molecule has 0 N–H and O–H groups in total. The van der Waals surface area contributed by atoms with Crippen LogP contribution in [0, 0.1) is 23.6 Å². The van der Waals surface area contributed by atoms with Crippen LogP contribution in [0.4, 0.5) is 10.4 Å². The smallest absolute Gasteiger partial charge is 0.324 e. The monoisotopic (exact) mass is 471 g/mol. The highest BCUT2D eigenvalue weighted by molar-refractivity contribution is 7.90. The molecule has 0 spiro atoms. The first-order valence-corrected chi connectivity index (χ1v) is 12.9. The van der Waals surface area contributed by atoms with Gasteiger partial charge >= 0.3 is 6.01 Å². The second-order valence-corrected chi connectivity index (χ2v) is 11.2. The minimum atomic E-state index is -3.59. The Hall–Kier alpha value is -2.94. The lowest BCUT2D eigenvalue weighted by Gasteiger charge is -2.17. The molecule has 1 saturated carbocycles. The summed E-state index contributed by atoms with van der Waals surface area (Å²) >= 11 is 0. The number of halogens is 1. The highest BCUT2D eigenvalue weighted by Gasteiger charge is 2.56. The lowest BCUT2D eigenvalue weighted by Crippen LogP contribution is -2.25. The molecule has 7 nitrogen and oxygen atoms in total. The van der Waals surface area contributed by atoms with Crippen molar-refractivity contribution in [2.24, 2.45) is 17.8 Å². The first kappa shape index (κ1) is 21.9. The summed E-state index contributed by atoms with van der Waals surface area (Å²) in [5.41, 5.74) is 1.41.